The van der Waals surface area contributed by atoms with Crippen LogP contribution in [0, 0.1) is 0 Å². The van der Waals surface area contributed by atoms with Crippen LogP contribution in [0.3, 0.4) is 0 Å². The zero-order valence-electron chi connectivity index (χ0n) is 16.0. The predicted molar refractivity (Wildman–Crippen MR) is 101 cm³/mol. The summed E-state index contributed by atoms with van der Waals surface area (Å²) in [6.07, 6.45) is 4.50. The zero-order valence-corrected chi connectivity index (χ0v) is 16.0. The van der Waals surface area contributed by atoms with E-state index in [4.69, 9.17) is 14.4 Å². The van der Waals surface area contributed by atoms with Crippen LogP contribution in [0.4, 0.5) is 0 Å². The Kier molecular flexibility index (Phi) is 3.98. The third-order valence-corrected chi connectivity index (χ3v) is 6.14. The van der Waals surface area contributed by atoms with Gasteiger partial charge in [-0.3, -0.25) is 4.68 Å². The van der Waals surface area contributed by atoms with Crippen LogP contribution < -0.4 is 5.46 Å². The lowest BCUT2D eigenvalue weighted by Crippen LogP contribution is -2.41. The summed E-state index contributed by atoms with van der Waals surface area (Å²) < 4.78 is 14.5. The van der Waals surface area contributed by atoms with Gasteiger partial charge in [-0.15, -0.1) is 0 Å². The molecule has 1 aromatic carbocycles. The second kappa shape index (κ2) is 5.83. The van der Waals surface area contributed by atoms with Crippen molar-refractivity contribution < 1.29 is 9.31 Å². The topological polar surface area (TPSA) is 39.5 Å². The fraction of sp³-hybridized carbons (Fsp3) is 0.632. The molecule has 4 rings (SSSR count). The molecule has 3 heterocycles. The summed E-state index contributed by atoms with van der Waals surface area (Å²) in [5.41, 5.74) is 1.42. The predicted octanol–water partition coefficient (Wildman–Crippen LogP) is 2.60. The van der Waals surface area contributed by atoms with Crippen molar-refractivity contribution in [3.8, 4) is 0 Å². The van der Waals surface area contributed by atoms with Crippen molar-refractivity contribution in [3.05, 3.63) is 24.4 Å². The first kappa shape index (κ1) is 17.1. The summed E-state index contributed by atoms with van der Waals surface area (Å²) >= 11 is 0. The third-order valence-electron chi connectivity index (χ3n) is 6.14. The number of benzene rings is 1. The van der Waals surface area contributed by atoms with Crippen LogP contribution in [0.15, 0.2) is 24.4 Å². The van der Waals surface area contributed by atoms with Gasteiger partial charge in [-0.05, 0) is 72.2 Å². The highest BCUT2D eigenvalue weighted by Crippen LogP contribution is 2.36. The largest absolute Gasteiger partial charge is 0.494 e. The summed E-state index contributed by atoms with van der Waals surface area (Å²) in [6.45, 7) is 10.6. The van der Waals surface area contributed by atoms with Crippen LogP contribution in [0.1, 0.15) is 46.6 Å². The van der Waals surface area contributed by atoms with Crippen LogP contribution in [0.5, 0.6) is 0 Å². The molecule has 2 aliphatic rings. The summed E-state index contributed by atoms with van der Waals surface area (Å²) in [4.78, 5) is 2.39. The highest BCUT2D eigenvalue weighted by Gasteiger charge is 2.51. The summed E-state index contributed by atoms with van der Waals surface area (Å²) in [7, 11) is 1.86. The molecule has 2 aliphatic heterocycles. The van der Waals surface area contributed by atoms with E-state index in [2.05, 4.69) is 68.7 Å². The van der Waals surface area contributed by atoms with Crippen molar-refractivity contribution in [2.75, 3.05) is 20.1 Å². The number of hydrogen-bond acceptors (Lipinski definition) is 4. The first-order chi connectivity index (χ1) is 11.7. The molecule has 0 saturated carbocycles. The molecule has 0 aliphatic carbocycles. The molecule has 1 aromatic heterocycles. The van der Waals surface area contributed by atoms with E-state index in [1.54, 1.807) is 0 Å². The van der Waals surface area contributed by atoms with Crippen molar-refractivity contribution in [3.63, 3.8) is 0 Å². The van der Waals surface area contributed by atoms with E-state index >= 15 is 0 Å². The molecule has 0 unspecified atom stereocenters. The molecule has 0 amide bonds. The van der Waals surface area contributed by atoms with Gasteiger partial charge in [0, 0.05) is 11.6 Å². The van der Waals surface area contributed by atoms with Gasteiger partial charge in [-0.2, -0.15) is 5.10 Å². The Morgan fingerprint density at radius 3 is 2.36 bits per heavy atom. The molecule has 0 spiro atoms. The quantitative estimate of drug-likeness (QED) is 0.788. The Bertz CT molecular complexity index is 762. The molecule has 0 atom stereocenters. The Morgan fingerprint density at radius 1 is 1.08 bits per heavy atom. The van der Waals surface area contributed by atoms with Gasteiger partial charge < -0.3 is 14.2 Å². The van der Waals surface area contributed by atoms with E-state index in [0.29, 0.717) is 6.04 Å². The molecule has 25 heavy (non-hydrogen) atoms. The lowest BCUT2D eigenvalue weighted by atomic mass is 9.79. The SMILES string of the molecule is CN1CCC(n2cc3ccc(B4OC(C)(C)C(C)(C)O4)cc3n2)CC1. The maximum absolute atomic E-state index is 6.17. The lowest BCUT2D eigenvalue weighted by molar-refractivity contribution is 0.00578. The van der Waals surface area contributed by atoms with Gasteiger partial charge in [0.05, 0.1) is 22.8 Å². The third kappa shape index (κ3) is 3.00. The van der Waals surface area contributed by atoms with Crippen molar-refractivity contribution in [2.45, 2.75) is 57.8 Å². The second-order valence-electron chi connectivity index (χ2n) is 8.55. The molecule has 134 valence electrons. The monoisotopic (exact) mass is 341 g/mol. The average molecular weight is 341 g/mol. The van der Waals surface area contributed by atoms with Crippen LogP contribution in [-0.2, 0) is 9.31 Å². The Hall–Kier alpha value is -1.37. The fourth-order valence-electron chi connectivity index (χ4n) is 3.62. The van der Waals surface area contributed by atoms with E-state index in [9.17, 15) is 0 Å². The van der Waals surface area contributed by atoms with Crippen LogP contribution in [0.2, 0.25) is 0 Å². The van der Waals surface area contributed by atoms with E-state index < -0.39 is 0 Å². The number of nitrogens with zero attached hydrogens (tertiary/aromatic N) is 3. The summed E-state index contributed by atoms with van der Waals surface area (Å²) in [5, 5.41) is 6.03. The molecule has 0 bridgehead atoms. The van der Waals surface area contributed by atoms with Crippen LogP contribution in [0.25, 0.3) is 10.9 Å². The Morgan fingerprint density at radius 2 is 1.72 bits per heavy atom. The highest BCUT2D eigenvalue weighted by molar-refractivity contribution is 6.62. The molecule has 6 heteroatoms. The first-order valence-corrected chi connectivity index (χ1v) is 9.28. The standard InChI is InChI=1S/C19H28BN3O2/c1-18(2)19(3,4)25-20(24-18)15-7-6-14-13-23(21-17(14)12-15)16-8-10-22(5)11-9-16/h6-7,12-13,16H,8-11H2,1-5H3. The van der Waals surface area contributed by atoms with E-state index in [1.807, 2.05) is 0 Å². The minimum absolute atomic E-state index is 0.319. The fourth-order valence-corrected chi connectivity index (χ4v) is 3.62. The molecule has 2 saturated heterocycles. The molecular formula is C19H28BN3O2. The molecule has 5 nitrogen and oxygen atoms in total. The molecular weight excluding hydrogens is 313 g/mol. The van der Waals surface area contributed by atoms with Gasteiger partial charge in [0.2, 0.25) is 0 Å². The van der Waals surface area contributed by atoms with Crippen molar-refractivity contribution in [1.82, 2.24) is 14.7 Å². The lowest BCUT2D eigenvalue weighted by Gasteiger charge is -2.32. The first-order valence-electron chi connectivity index (χ1n) is 9.28. The highest BCUT2D eigenvalue weighted by atomic mass is 16.7. The number of hydrogen-bond donors (Lipinski definition) is 0. The average Bonchev–Trinajstić information content (AvgIpc) is 3.05. The summed E-state index contributed by atoms with van der Waals surface area (Å²) in [5.74, 6) is 0. The van der Waals surface area contributed by atoms with Crippen LogP contribution >= 0.6 is 0 Å². The van der Waals surface area contributed by atoms with Gasteiger partial charge >= 0.3 is 7.12 Å². The Balaban J connectivity index is 1.59. The number of piperidine rings is 1. The minimum Gasteiger partial charge on any atom is -0.399 e. The van der Waals surface area contributed by atoms with Gasteiger partial charge in [-0.1, -0.05) is 12.1 Å². The number of fused-ring (bicyclic) bond motifs is 1. The Labute approximate surface area is 150 Å². The number of aromatic nitrogens is 2. The minimum atomic E-state index is -0.331. The second-order valence-corrected chi connectivity index (χ2v) is 8.55. The van der Waals surface area contributed by atoms with Crippen LogP contribution in [-0.4, -0.2) is 53.1 Å². The van der Waals surface area contributed by atoms with Gasteiger partial charge in [0.1, 0.15) is 0 Å². The number of likely N-dealkylation sites (tertiary alicyclic amines) is 1. The number of rotatable bonds is 2. The van der Waals surface area contributed by atoms with E-state index in [0.717, 1.165) is 36.9 Å². The van der Waals surface area contributed by atoms with Gasteiger partial charge in [0.25, 0.3) is 0 Å². The van der Waals surface area contributed by atoms with Gasteiger partial charge in [0.15, 0.2) is 0 Å². The molecule has 2 fully saturated rings. The maximum atomic E-state index is 6.17. The smallest absolute Gasteiger partial charge is 0.399 e. The van der Waals surface area contributed by atoms with Crippen molar-refractivity contribution in [2.24, 2.45) is 0 Å². The van der Waals surface area contributed by atoms with Gasteiger partial charge in [-0.25, -0.2) is 0 Å². The van der Waals surface area contributed by atoms with E-state index in [1.165, 1.54) is 5.39 Å². The van der Waals surface area contributed by atoms with Crippen molar-refractivity contribution in [1.29, 1.82) is 0 Å². The van der Waals surface area contributed by atoms with E-state index in [-0.39, 0.29) is 18.3 Å². The molecule has 0 radical (unpaired) electrons. The normalized spacial score (nSPS) is 24.3. The summed E-state index contributed by atoms with van der Waals surface area (Å²) in [6, 6.07) is 6.85. The molecule has 2 aromatic rings. The van der Waals surface area contributed by atoms with Crippen molar-refractivity contribution >= 4 is 23.5 Å². The maximum Gasteiger partial charge on any atom is 0.494 e. The zero-order chi connectivity index (χ0) is 17.8. The molecule has 0 N–H and O–H groups in total.